The summed E-state index contributed by atoms with van der Waals surface area (Å²) >= 11 is 3.21. The van der Waals surface area contributed by atoms with Crippen LogP contribution >= 0.6 is 22.7 Å². The van der Waals surface area contributed by atoms with Gasteiger partial charge in [-0.2, -0.15) is 20.4 Å². The average Bonchev–Trinajstić information content (AvgIpc) is 3.59. The van der Waals surface area contributed by atoms with E-state index < -0.39 is 0 Å². The molecule has 0 radical (unpaired) electrons. The molecule has 1 saturated carbocycles. The number of ketones is 2. The normalized spacial score (nSPS) is 17.7. The molecule has 2 atom stereocenters. The van der Waals surface area contributed by atoms with Gasteiger partial charge in [-0.1, -0.05) is 18.6 Å². The van der Waals surface area contributed by atoms with Gasteiger partial charge in [-0.3, -0.25) is 9.59 Å². The third-order valence-electron chi connectivity index (χ3n) is 6.65. The van der Waals surface area contributed by atoms with Crippen LogP contribution in [0.15, 0.2) is 59.3 Å². The van der Waals surface area contributed by atoms with Gasteiger partial charge in [0.2, 0.25) is 0 Å². The molecule has 4 heterocycles. The van der Waals surface area contributed by atoms with Crippen molar-refractivity contribution in [3.05, 3.63) is 91.8 Å². The Hall–Kier alpha value is -3.10. The monoisotopic (exact) mass is 516 g/mol. The molecular formula is C28H28N4O2S2. The van der Waals surface area contributed by atoms with E-state index in [0.717, 1.165) is 58.2 Å². The lowest BCUT2D eigenvalue weighted by molar-refractivity contribution is -0.118. The Bertz CT molecular complexity index is 1170. The van der Waals surface area contributed by atoms with Crippen LogP contribution in [0.1, 0.15) is 70.0 Å². The molecule has 0 unspecified atom stereocenters. The molecule has 0 saturated heterocycles. The summed E-state index contributed by atoms with van der Waals surface area (Å²) in [5.41, 5.74) is 3.42. The summed E-state index contributed by atoms with van der Waals surface area (Å²) in [6.07, 6.45) is 5.74. The lowest BCUT2D eigenvalue weighted by Gasteiger charge is -2.28. The molecule has 1 aliphatic rings. The van der Waals surface area contributed by atoms with Crippen molar-refractivity contribution in [2.45, 2.75) is 63.2 Å². The molecule has 184 valence electrons. The van der Waals surface area contributed by atoms with Gasteiger partial charge in [0, 0.05) is 34.4 Å². The second kappa shape index (κ2) is 11.8. The third-order valence-corrected chi connectivity index (χ3v) is 8.40. The third kappa shape index (κ3) is 6.56. The second-order valence-electron chi connectivity index (χ2n) is 9.40. The summed E-state index contributed by atoms with van der Waals surface area (Å²) in [6.45, 7) is 0. The Morgan fingerprint density at radius 2 is 1.17 bits per heavy atom. The first kappa shape index (κ1) is 24.6. The molecule has 0 spiro atoms. The van der Waals surface area contributed by atoms with E-state index in [4.69, 9.17) is 0 Å². The molecule has 1 fully saturated rings. The lowest BCUT2D eigenvalue weighted by atomic mass is 9.78. The molecule has 4 aromatic rings. The minimum absolute atomic E-state index is 0.160. The first-order chi connectivity index (χ1) is 17.6. The number of aromatic nitrogens is 4. The fourth-order valence-electron chi connectivity index (χ4n) is 4.84. The quantitative estimate of drug-likeness (QED) is 0.275. The van der Waals surface area contributed by atoms with Gasteiger partial charge in [0.1, 0.15) is 11.6 Å². The Labute approximate surface area is 218 Å². The van der Waals surface area contributed by atoms with Gasteiger partial charge in [0.15, 0.2) is 0 Å². The first-order valence-corrected chi connectivity index (χ1v) is 14.1. The zero-order valence-corrected chi connectivity index (χ0v) is 21.6. The van der Waals surface area contributed by atoms with Crippen LogP contribution in [0.25, 0.3) is 0 Å². The van der Waals surface area contributed by atoms with E-state index in [0.29, 0.717) is 37.5 Å². The molecule has 6 nitrogen and oxygen atoms in total. The average molecular weight is 517 g/mol. The lowest BCUT2D eigenvalue weighted by Crippen LogP contribution is -2.17. The Kier molecular flexibility index (Phi) is 8.03. The molecule has 1 aliphatic carbocycles. The van der Waals surface area contributed by atoms with Crippen LogP contribution < -0.4 is 0 Å². The van der Waals surface area contributed by atoms with Crippen LogP contribution in [-0.2, 0) is 35.3 Å². The number of hydrogen-bond donors (Lipinski definition) is 0. The van der Waals surface area contributed by atoms with Crippen molar-refractivity contribution in [2.24, 2.45) is 0 Å². The summed E-state index contributed by atoms with van der Waals surface area (Å²) in [4.78, 5) is 26.8. The van der Waals surface area contributed by atoms with Crippen molar-refractivity contribution in [1.29, 1.82) is 0 Å². The number of rotatable bonds is 10. The Morgan fingerprint density at radius 3 is 1.56 bits per heavy atom. The smallest absolute Gasteiger partial charge is 0.144 e. The number of nitrogens with zero attached hydrogens (tertiary/aromatic N) is 4. The highest BCUT2D eigenvalue weighted by Crippen LogP contribution is 2.39. The summed E-state index contributed by atoms with van der Waals surface area (Å²) in [5, 5.41) is 21.7. The van der Waals surface area contributed by atoms with Gasteiger partial charge in [0.25, 0.3) is 0 Å². The SMILES string of the molecule is O=C(Cc1ccc([C@@H]2CCC[C@@H](c3ccc(CC(=O)Cc4cccs4)nn3)C2)nn1)Cc1cccs1. The summed E-state index contributed by atoms with van der Waals surface area (Å²) < 4.78 is 0. The van der Waals surface area contributed by atoms with E-state index >= 15 is 0 Å². The number of carbonyl (C=O) groups is 2. The van der Waals surface area contributed by atoms with Gasteiger partial charge in [-0.15, -0.1) is 22.7 Å². The molecule has 0 amide bonds. The molecule has 8 heteroatoms. The standard InChI is InChI=1S/C28H28N4O2S2/c33-23(17-25-6-2-12-35-25)15-21-8-10-27(31-29-21)19-4-1-5-20(14-19)28-11-9-22(30-32-28)16-24(34)18-26-7-3-13-36-26/h2-3,6-13,19-20H,1,4-5,14-18H2/t19-,20-/m1/s1. The maximum absolute atomic E-state index is 12.3. The predicted octanol–water partition coefficient (Wildman–Crippen LogP) is 5.54. The minimum Gasteiger partial charge on any atom is -0.299 e. The van der Waals surface area contributed by atoms with Crippen LogP contribution in [0, 0.1) is 0 Å². The van der Waals surface area contributed by atoms with E-state index in [1.165, 1.54) is 0 Å². The molecular weight excluding hydrogens is 488 g/mol. The highest BCUT2D eigenvalue weighted by atomic mass is 32.1. The number of carbonyl (C=O) groups excluding carboxylic acids is 2. The van der Waals surface area contributed by atoms with Crippen LogP contribution in [0.4, 0.5) is 0 Å². The van der Waals surface area contributed by atoms with Crippen molar-refractivity contribution in [1.82, 2.24) is 20.4 Å². The van der Waals surface area contributed by atoms with Crippen LogP contribution in [0.5, 0.6) is 0 Å². The molecule has 0 N–H and O–H groups in total. The fraction of sp³-hybridized carbons (Fsp3) is 0.357. The van der Waals surface area contributed by atoms with E-state index in [1.54, 1.807) is 22.7 Å². The van der Waals surface area contributed by atoms with Crippen molar-refractivity contribution < 1.29 is 9.59 Å². The topological polar surface area (TPSA) is 85.7 Å². The summed E-state index contributed by atoms with van der Waals surface area (Å²) in [6, 6.07) is 15.9. The van der Waals surface area contributed by atoms with Gasteiger partial charge < -0.3 is 0 Å². The van der Waals surface area contributed by atoms with Crippen molar-refractivity contribution in [3.63, 3.8) is 0 Å². The molecule has 0 aliphatic heterocycles. The highest BCUT2D eigenvalue weighted by molar-refractivity contribution is 7.10. The molecule has 5 rings (SSSR count). The maximum atomic E-state index is 12.3. The Morgan fingerprint density at radius 1 is 0.667 bits per heavy atom. The number of thiophene rings is 2. The van der Waals surface area contributed by atoms with Gasteiger partial charge in [-0.25, -0.2) is 0 Å². The van der Waals surface area contributed by atoms with Crippen LogP contribution in [0.2, 0.25) is 0 Å². The van der Waals surface area contributed by atoms with Crippen LogP contribution in [0.3, 0.4) is 0 Å². The minimum atomic E-state index is 0.160. The number of Topliss-reactive ketones (excluding diaryl/α,β-unsaturated/α-hetero) is 2. The van der Waals surface area contributed by atoms with Gasteiger partial charge >= 0.3 is 0 Å². The Balaban J connectivity index is 1.15. The van der Waals surface area contributed by atoms with Crippen LogP contribution in [-0.4, -0.2) is 32.0 Å². The predicted molar refractivity (Wildman–Crippen MR) is 141 cm³/mol. The number of hydrogen-bond acceptors (Lipinski definition) is 8. The van der Waals surface area contributed by atoms with E-state index in [9.17, 15) is 9.59 Å². The summed E-state index contributed by atoms with van der Waals surface area (Å²) in [7, 11) is 0. The van der Waals surface area contributed by atoms with E-state index in [-0.39, 0.29) is 11.6 Å². The molecule has 36 heavy (non-hydrogen) atoms. The van der Waals surface area contributed by atoms with Gasteiger partial charge in [-0.05, 0) is 66.4 Å². The van der Waals surface area contributed by atoms with Crippen molar-refractivity contribution in [3.8, 4) is 0 Å². The maximum Gasteiger partial charge on any atom is 0.144 e. The van der Waals surface area contributed by atoms with E-state index in [1.807, 2.05) is 59.3 Å². The second-order valence-corrected chi connectivity index (χ2v) is 11.5. The molecule has 0 aromatic carbocycles. The highest BCUT2D eigenvalue weighted by Gasteiger charge is 2.27. The summed E-state index contributed by atoms with van der Waals surface area (Å²) in [5.74, 6) is 0.960. The zero-order valence-electron chi connectivity index (χ0n) is 20.0. The van der Waals surface area contributed by atoms with E-state index in [2.05, 4.69) is 20.4 Å². The van der Waals surface area contributed by atoms with Crippen molar-refractivity contribution >= 4 is 34.2 Å². The van der Waals surface area contributed by atoms with Crippen molar-refractivity contribution in [2.75, 3.05) is 0 Å². The molecule has 0 bridgehead atoms. The van der Waals surface area contributed by atoms with Gasteiger partial charge in [0.05, 0.1) is 35.6 Å². The fourth-order valence-corrected chi connectivity index (χ4v) is 6.30. The largest absolute Gasteiger partial charge is 0.299 e. The first-order valence-electron chi connectivity index (χ1n) is 12.4. The molecule has 4 aromatic heterocycles. The zero-order chi connectivity index (χ0) is 24.7.